The van der Waals surface area contributed by atoms with Crippen molar-refractivity contribution in [2.75, 3.05) is 30.5 Å². The van der Waals surface area contributed by atoms with Gasteiger partial charge in [0.15, 0.2) is 9.84 Å². The largest absolute Gasteiger partial charge is 0.378 e. The van der Waals surface area contributed by atoms with Crippen molar-refractivity contribution in [2.45, 2.75) is 24.9 Å². The van der Waals surface area contributed by atoms with Crippen molar-refractivity contribution in [1.82, 2.24) is 4.90 Å². The Labute approximate surface area is 196 Å². The van der Waals surface area contributed by atoms with Crippen LogP contribution in [0.3, 0.4) is 0 Å². The lowest BCUT2D eigenvalue weighted by Gasteiger charge is -2.32. The van der Waals surface area contributed by atoms with Crippen LogP contribution in [0.2, 0.25) is 0 Å². The molecule has 6 heteroatoms. The summed E-state index contributed by atoms with van der Waals surface area (Å²) in [5.41, 5.74) is 3.87. The van der Waals surface area contributed by atoms with Crippen LogP contribution < -0.4 is 4.90 Å². The fourth-order valence-corrected chi connectivity index (χ4v) is 6.17. The molecule has 33 heavy (non-hydrogen) atoms. The molecule has 0 radical (unpaired) electrons. The molecule has 0 aromatic heterocycles. The molecule has 4 rings (SSSR count). The summed E-state index contributed by atoms with van der Waals surface area (Å²) in [5.74, 6) is -0.407. The predicted octanol–water partition coefficient (Wildman–Crippen LogP) is 4.10. The highest BCUT2D eigenvalue weighted by atomic mass is 32.2. The number of benzene rings is 3. The lowest BCUT2D eigenvalue weighted by atomic mass is 9.89. The fraction of sp³-hybridized carbons (Fsp3) is 0.296. The van der Waals surface area contributed by atoms with E-state index in [1.54, 1.807) is 4.90 Å². The van der Waals surface area contributed by atoms with Crippen LogP contribution in [0, 0.1) is 0 Å². The van der Waals surface area contributed by atoms with E-state index in [-0.39, 0.29) is 23.5 Å². The second kappa shape index (κ2) is 9.79. The molecule has 0 aliphatic carbocycles. The smallest absolute Gasteiger partial charge is 0.235 e. The van der Waals surface area contributed by atoms with E-state index >= 15 is 0 Å². The number of hydrogen-bond acceptors (Lipinski definition) is 4. The summed E-state index contributed by atoms with van der Waals surface area (Å²) in [6.45, 7) is 0.378. The Balaban J connectivity index is 1.72. The van der Waals surface area contributed by atoms with Crippen LogP contribution in [-0.2, 0) is 21.2 Å². The van der Waals surface area contributed by atoms with Gasteiger partial charge in [0.2, 0.25) is 5.91 Å². The Bertz CT molecular complexity index is 1140. The zero-order valence-corrected chi connectivity index (χ0v) is 19.9. The Morgan fingerprint density at radius 1 is 0.879 bits per heavy atom. The lowest BCUT2D eigenvalue weighted by molar-refractivity contribution is -0.134. The van der Waals surface area contributed by atoms with Gasteiger partial charge in [0.05, 0.1) is 17.4 Å². The predicted molar refractivity (Wildman–Crippen MR) is 133 cm³/mol. The maximum Gasteiger partial charge on any atom is 0.235 e. The number of sulfone groups is 1. The topological polar surface area (TPSA) is 57.7 Å². The first-order chi connectivity index (χ1) is 15.8. The van der Waals surface area contributed by atoms with Crippen LogP contribution in [0.5, 0.6) is 0 Å². The van der Waals surface area contributed by atoms with E-state index in [0.717, 1.165) is 22.4 Å². The average Bonchev–Trinajstić information content (AvgIpc) is 3.18. The van der Waals surface area contributed by atoms with Gasteiger partial charge >= 0.3 is 0 Å². The molecule has 1 aliphatic heterocycles. The SMILES string of the molecule is CN(C)c1ccc(CN(C(=O)C(c2ccccc2)c2ccccc2)[C@H]2CCS(=O)(=O)C2)cc1. The minimum atomic E-state index is -3.14. The third kappa shape index (κ3) is 5.45. The maximum atomic E-state index is 14.1. The molecule has 0 N–H and O–H groups in total. The minimum absolute atomic E-state index is 0.0187. The normalized spacial score (nSPS) is 17.1. The minimum Gasteiger partial charge on any atom is -0.378 e. The van der Waals surface area contributed by atoms with Crippen molar-refractivity contribution in [3.05, 3.63) is 102 Å². The Kier molecular flexibility index (Phi) is 6.84. The second-order valence-corrected chi connectivity index (χ2v) is 11.1. The fourth-order valence-electron chi connectivity index (χ4n) is 4.44. The highest BCUT2D eigenvalue weighted by molar-refractivity contribution is 7.91. The van der Waals surface area contributed by atoms with Crippen molar-refractivity contribution in [3.63, 3.8) is 0 Å². The molecule has 0 bridgehead atoms. The second-order valence-electron chi connectivity index (χ2n) is 8.84. The van der Waals surface area contributed by atoms with Gasteiger partial charge in [-0.05, 0) is 35.2 Å². The van der Waals surface area contributed by atoms with Crippen LogP contribution in [0.4, 0.5) is 5.69 Å². The molecular formula is C27H30N2O3S. The summed E-state index contributed by atoms with van der Waals surface area (Å²) in [6, 6.07) is 27.2. The van der Waals surface area contributed by atoms with Gasteiger partial charge in [0, 0.05) is 32.4 Å². The van der Waals surface area contributed by atoms with E-state index in [1.807, 2.05) is 104 Å². The van der Waals surface area contributed by atoms with E-state index in [2.05, 4.69) is 0 Å². The van der Waals surface area contributed by atoms with Crippen molar-refractivity contribution < 1.29 is 13.2 Å². The summed E-state index contributed by atoms with van der Waals surface area (Å²) in [6.07, 6.45) is 0.472. The summed E-state index contributed by atoms with van der Waals surface area (Å²) >= 11 is 0. The van der Waals surface area contributed by atoms with Gasteiger partial charge in [-0.2, -0.15) is 0 Å². The lowest BCUT2D eigenvalue weighted by Crippen LogP contribution is -2.43. The number of rotatable bonds is 7. The van der Waals surface area contributed by atoms with Crippen molar-refractivity contribution in [3.8, 4) is 0 Å². The van der Waals surface area contributed by atoms with Gasteiger partial charge in [-0.15, -0.1) is 0 Å². The van der Waals surface area contributed by atoms with E-state index < -0.39 is 15.8 Å². The molecule has 3 aromatic carbocycles. The summed E-state index contributed by atoms with van der Waals surface area (Å²) < 4.78 is 24.6. The van der Waals surface area contributed by atoms with Gasteiger partial charge in [0.25, 0.3) is 0 Å². The molecule has 1 atom stereocenters. The summed E-state index contributed by atoms with van der Waals surface area (Å²) in [5, 5.41) is 0. The monoisotopic (exact) mass is 462 g/mol. The van der Waals surface area contributed by atoms with Gasteiger partial charge in [-0.3, -0.25) is 4.79 Å². The first kappa shape index (κ1) is 23.1. The third-order valence-corrected chi connectivity index (χ3v) is 8.00. The van der Waals surface area contributed by atoms with E-state index in [9.17, 15) is 13.2 Å². The number of carbonyl (C=O) groups excluding carboxylic acids is 1. The molecule has 0 unspecified atom stereocenters. The summed E-state index contributed by atoms with van der Waals surface area (Å²) in [4.78, 5) is 18.0. The third-order valence-electron chi connectivity index (χ3n) is 6.25. The van der Waals surface area contributed by atoms with Crippen molar-refractivity contribution in [1.29, 1.82) is 0 Å². The Morgan fingerprint density at radius 3 is 1.88 bits per heavy atom. The zero-order valence-electron chi connectivity index (χ0n) is 19.1. The average molecular weight is 463 g/mol. The molecule has 1 saturated heterocycles. The first-order valence-electron chi connectivity index (χ1n) is 11.2. The highest BCUT2D eigenvalue weighted by Crippen LogP contribution is 2.31. The molecule has 1 amide bonds. The van der Waals surface area contributed by atoms with Crippen molar-refractivity contribution >= 4 is 21.4 Å². The van der Waals surface area contributed by atoms with E-state index in [0.29, 0.717) is 13.0 Å². The van der Waals surface area contributed by atoms with Crippen LogP contribution >= 0.6 is 0 Å². The van der Waals surface area contributed by atoms with Gasteiger partial charge in [-0.1, -0.05) is 72.8 Å². The number of carbonyl (C=O) groups is 1. The Morgan fingerprint density at radius 2 is 1.42 bits per heavy atom. The van der Waals surface area contributed by atoms with Gasteiger partial charge < -0.3 is 9.80 Å². The standard InChI is InChI=1S/C27H30N2O3S/c1-28(2)24-15-13-21(14-16-24)19-29(25-17-18-33(31,32)20-25)27(30)26(22-9-5-3-6-10-22)23-11-7-4-8-12-23/h3-16,25-26H,17-20H2,1-2H3/t25-/m0/s1. The van der Waals surface area contributed by atoms with Crippen LogP contribution in [0.15, 0.2) is 84.9 Å². The van der Waals surface area contributed by atoms with Crippen LogP contribution in [0.1, 0.15) is 29.0 Å². The van der Waals surface area contributed by atoms with Crippen molar-refractivity contribution in [2.24, 2.45) is 0 Å². The maximum absolute atomic E-state index is 14.1. The van der Waals surface area contributed by atoms with Gasteiger partial charge in [0.1, 0.15) is 0 Å². The summed E-state index contributed by atoms with van der Waals surface area (Å²) in [7, 11) is 0.830. The molecule has 1 heterocycles. The van der Waals surface area contributed by atoms with E-state index in [1.165, 1.54) is 0 Å². The molecule has 5 nitrogen and oxygen atoms in total. The number of amides is 1. The Hall–Kier alpha value is -3.12. The first-order valence-corrected chi connectivity index (χ1v) is 13.0. The molecular weight excluding hydrogens is 432 g/mol. The molecule has 0 saturated carbocycles. The molecule has 0 spiro atoms. The number of anilines is 1. The highest BCUT2D eigenvalue weighted by Gasteiger charge is 2.38. The zero-order chi connectivity index (χ0) is 23.4. The molecule has 1 aliphatic rings. The van der Waals surface area contributed by atoms with Gasteiger partial charge in [-0.25, -0.2) is 8.42 Å². The van der Waals surface area contributed by atoms with Crippen LogP contribution in [-0.4, -0.2) is 50.9 Å². The van der Waals surface area contributed by atoms with E-state index in [4.69, 9.17) is 0 Å². The van der Waals surface area contributed by atoms with Crippen LogP contribution in [0.25, 0.3) is 0 Å². The number of hydrogen-bond donors (Lipinski definition) is 0. The molecule has 3 aromatic rings. The molecule has 172 valence electrons. The quantitative estimate of drug-likeness (QED) is 0.531. The number of nitrogens with zero attached hydrogens (tertiary/aromatic N) is 2. The molecule has 1 fully saturated rings.